The zero-order valence-corrected chi connectivity index (χ0v) is 17.7. The Hall–Kier alpha value is -2.39. The monoisotopic (exact) mass is 421 g/mol. The summed E-state index contributed by atoms with van der Waals surface area (Å²) in [4.78, 5) is 18.7. The number of amides is 1. The molecule has 0 aliphatic carbocycles. The molecule has 1 fully saturated rings. The first kappa shape index (κ1) is 21.3. The predicted octanol–water partition coefficient (Wildman–Crippen LogP) is 2.81. The maximum Gasteiger partial charge on any atom is 0.410 e. The summed E-state index contributed by atoms with van der Waals surface area (Å²) in [6.45, 7) is 4.05. The topological polar surface area (TPSA) is 102 Å². The highest BCUT2D eigenvalue weighted by Gasteiger charge is 2.38. The summed E-state index contributed by atoms with van der Waals surface area (Å²) >= 11 is 0. The minimum atomic E-state index is -3.44. The first-order valence-electron chi connectivity index (χ1n) is 9.67. The summed E-state index contributed by atoms with van der Waals surface area (Å²) in [6.07, 6.45) is 3.55. The van der Waals surface area contributed by atoms with E-state index in [-0.39, 0.29) is 12.5 Å². The van der Waals surface area contributed by atoms with Crippen molar-refractivity contribution in [3.8, 4) is 11.3 Å². The van der Waals surface area contributed by atoms with Crippen molar-refractivity contribution in [2.75, 3.05) is 12.8 Å². The summed E-state index contributed by atoms with van der Waals surface area (Å²) in [5.74, 6) is 0.443. The number of carbonyl (C=O) groups is 1. The van der Waals surface area contributed by atoms with Gasteiger partial charge in [0.15, 0.2) is 5.89 Å². The molecule has 2 aromatic rings. The average Bonchev–Trinajstić information content (AvgIpc) is 3.10. The number of piperidine rings is 1. The van der Waals surface area contributed by atoms with Crippen LogP contribution in [0.5, 0.6) is 0 Å². The number of likely N-dealkylation sites (tertiary alicyclic amines) is 1. The molecule has 2 atom stereocenters. The zero-order valence-electron chi connectivity index (χ0n) is 16.9. The van der Waals surface area contributed by atoms with Crippen LogP contribution in [0.25, 0.3) is 11.3 Å². The fraction of sp³-hybridized carbons (Fsp3) is 0.500. The van der Waals surface area contributed by atoms with Crippen LogP contribution in [0.15, 0.2) is 41.0 Å². The molecule has 8 nitrogen and oxygen atoms in total. The molecule has 1 saturated heterocycles. The van der Waals surface area contributed by atoms with E-state index in [0.29, 0.717) is 31.0 Å². The van der Waals surface area contributed by atoms with E-state index in [1.54, 1.807) is 25.0 Å². The standard InChI is InChI=1S/C20H27N3O5S/c1-14(2)28-20(24)23-11-7-10-16(22-29(3,25)26)18(23)12-19-21-17(13-27-19)15-8-5-4-6-9-15/h4-6,8-9,13-14,16,18,22H,7,10-12H2,1-3H3. The number of rotatable bonds is 6. The molecule has 158 valence electrons. The fourth-order valence-electron chi connectivity index (χ4n) is 3.54. The lowest BCUT2D eigenvalue weighted by Crippen LogP contribution is -2.58. The van der Waals surface area contributed by atoms with Crippen molar-refractivity contribution in [2.24, 2.45) is 0 Å². The molecule has 0 spiro atoms. The Bertz CT molecular complexity index is 927. The molecule has 1 aliphatic heterocycles. The van der Waals surface area contributed by atoms with Crippen LogP contribution in [0.3, 0.4) is 0 Å². The molecule has 1 aromatic carbocycles. The van der Waals surface area contributed by atoms with Crippen LogP contribution in [0.4, 0.5) is 4.79 Å². The number of benzene rings is 1. The van der Waals surface area contributed by atoms with E-state index in [9.17, 15) is 13.2 Å². The van der Waals surface area contributed by atoms with Gasteiger partial charge in [0.25, 0.3) is 0 Å². The number of ether oxygens (including phenoxy) is 1. The smallest absolute Gasteiger partial charge is 0.410 e. The van der Waals surface area contributed by atoms with Gasteiger partial charge in [-0.1, -0.05) is 30.3 Å². The lowest BCUT2D eigenvalue weighted by atomic mass is 9.94. The molecule has 1 N–H and O–H groups in total. The minimum Gasteiger partial charge on any atom is -0.448 e. The third-order valence-electron chi connectivity index (χ3n) is 4.72. The second kappa shape index (κ2) is 8.96. The van der Waals surface area contributed by atoms with Gasteiger partial charge in [-0.25, -0.2) is 22.9 Å². The van der Waals surface area contributed by atoms with Crippen molar-refractivity contribution in [1.82, 2.24) is 14.6 Å². The summed E-state index contributed by atoms with van der Waals surface area (Å²) in [6, 6.07) is 8.73. The molecule has 1 aliphatic rings. The third kappa shape index (κ3) is 5.80. The van der Waals surface area contributed by atoms with Gasteiger partial charge < -0.3 is 14.1 Å². The molecule has 29 heavy (non-hydrogen) atoms. The molecular formula is C20H27N3O5S. The van der Waals surface area contributed by atoms with Crippen molar-refractivity contribution in [1.29, 1.82) is 0 Å². The molecule has 1 aromatic heterocycles. The van der Waals surface area contributed by atoms with Gasteiger partial charge in [0, 0.05) is 24.6 Å². The third-order valence-corrected chi connectivity index (χ3v) is 5.45. The molecule has 0 bridgehead atoms. The van der Waals surface area contributed by atoms with Crippen LogP contribution in [0, 0.1) is 0 Å². The van der Waals surface area contributed by atoms with Gasteiger partial charge in [0.05, 0.1) is 18.4 Å². The van der Waals surface area contributed by atoms with E-state index < -0.39 is 28.2 Å². The molecule has 0 radical (unpaired) electrons. The van der Waals surface area contributed by atoms with E-state index in [0.717, 1.165) is 11.8 Å². The summed E-state index contributed by atoms with van der Waals surface area (Å²) in [5, 5.41) is 0. The van der Waals surface area contributed by atoms with Gasteiger partial charge in [0.1, 0.15) is 12.0 Å². The van der Waals surface area contributed by atoms with Crippen LogP contribution >= 0.6 is 0 Å². The molecule has 0 saturated carbocycles. The molecular weight excluding hydrogens is 394 g/mol. The zero-order chi connectivity index (χ0) is 21.0. The second-order valence-electron chi connectivity index (χ2n) is 7.53. The number of nitrogens with zero attached hydrogens (tertiary/aromatic N) is 2. The van der Waals surface area contributed by atoms with E-state index in [1.807, 2.05) is 30.3 Å². The molecule has 2 heterocycles. The van der Waals surface area contributed by atoms with Crippen LogP contribution in [-0.2, 0) is 21.2 Å². The Kier molecular flexibility index (Phi) is 6.59. The number of hydrogen-bond acceptors (Lipinski definition) is 6. The first-order valence-corrected chi connectivity index (χ1v) is 11.6. The molecule has 9 heteroatoms. The van der Waals surface area contributed by atoms with Crippen molar-refractivity contribution in [3.63, 3.8) is 0 Å². The summed E-state index contributed by atoms with van der Waals surface area (Å²) in [5.41, 5.74) is 1.62. The summed E-state index contributed by atoms with van der Waals surface area (Å²) in [7, 11) is -3.44. The van der Waals surface area contributed by atoms with Crippen molar-refractivity contribution in [2.45, 2.75) is 51.3 Å². The molecule has 3 rings (SSSR count). The van der Waals surface area contributed by atoms with E-state index in [1.165, 1.54) is 0 Å². The average molecular weight is 422 g/mol. The van der Waals surface area contributed by atoms with Crippen molar-refractivity contribution in [3.05, 3.63) is 42.5 Å². The SMILES string of the molecule is CC(C)OC(=O)N1CCCC(NS(C)(=O)=O)C1Cc1nc(-c2ccccc2)co1. The number of aromatic nitrogens is 1. The van der Waals surface area contributed by atoms with E-state index in [2.05, 4.69) is 9.71 Å². The molecule has 2 unspecified atom stereocenters. The highest BCUT2D eigenvalue weighted by atomic mass is 32.2. The number of oxazole rings is 1. The van der Waals surface area contributed by atoms with Gasteiger partial charge in [-0.05, 0) is 26.7 Å². The Morgan fingerprint density at radius 2 is 2.07 bits per heavy atom. The van der Waals surface area contributed by atoms with Gasteiger partial charge in [-0.3, -0.25) is 0 Å². The van der Waals surface area contributed by atoms with Gasteiger partial charge >= 0.3 is 6.09 Å². The maximum atomic E-state index is 12.6. The lowest BCUT2D eigenvalue weighted by Gasteiger charge is -2.40. The highest BCUT2D eigenvalue weighted by Crippen LogP contribution is 2.25. The van der Waals surface area contributed by atoms with Crippen molar-refractivity contribution < 1.29 is 22.4 Å². The number of sulfonamides is 1. The maximum absolute atomic E-state index is 12.6. The Morgan fingerprint density at radius 1 is 1.34 bits per heavy atom. The molecule has 1 amide bonds. The number of hydrogen-bond donors (Lipinski definition) is 1. The number of carbonyl (C=O) groups excluding carboxylic acids is 1. The fourth-order valence-corrected chi connectivity index (χ4v) is 4.37. The largest absolute Gasteiger partial charge is 0.448 e. The predicted molar refractivity (Wildman–Crippen MR) is 109 cm³/mol. The second-order valence-corrected chi connectivity index (χ2v) is 9.31. The van der Waals surface area contributed by atoms with Crippen molar-refractivity contribution >= 4 is 16.1 Å². The highest BCUT2D eigenvalue weighted by molar-refractivity contribution is 7.88. The number of nitrogens with one attached hydrogen (secondary N) is 1. The van der Waals surface area contributed by atoms with Crippen LogP contribution in [0.2, 0.25) is 0 Å². The minimum absolute atomic E-state index is 0.266. The van der Waals surface area contributed by atoms with Gasteiger partial charge in [-0.2, -0.15) is 0 Å². The quantitative estimate of drug-likeness (QED) is 0.770. The first-order chi connectivity index (χ1) is 13.7. The summed E-state index contributed by atoms with van der Waals surface area (Å²) < 4.78 is 37.4. The Morgan fingerprint density at radius 3 is 2.72 bits per heavy atom. The van der Waals surface area contributed by atoms with Gasteiger partial charge in [-0.15, -0.1) is 0 Å². The van der Waals surface area contributed by atoms with Gasteiger partial charge in [0.2, 0.25) is 10.0 Å². The normalized spacial score (nSPS) is 20.1. The Balaban J connectivity index is 1.84. The Labute approximate surface area is 171 Å². The van der Waals surface area contributed by atoms with E-state index >= 15 is 0 Å². The van der Waals surface area contributed by atoms with E-state index in [4.69, 9.17) is 9.15 Å². The lowest BCUT2D eigenvalue weighted by molar-refractivity contribution is 0.0447. The van der Waals surface area contributed by atoms with Crippen LogP contribution in [0.1, 0.15) is 32.6 Å². The van der Waals surface area contributed by atoms with Crippen LogP contribution in [-0.4, -0.2) is 55.4 Å². The van der Waals surface area contributed by atoms with Crippen LogP contribution < -0.4 is 4.72 Å².